The number of aromatic hydroxyl groups is 1. The van der Waals surface area contributed by atoms with Gasteiger partial charge in [-0.3, -0.25) is 0 Å². The van der Waals surface area contributed by atoms with Crippen LogP contribution in [-0.4, -0.2) is 30.4 Å². The molecule has 0 fully saturated rings. The number of hydrogen-bond donors (Lipinski definition) is 2. The van der Waals surface area contributed by atoms with Gasteiger partial charge in [-0.05, 0) is 47.0 Å². The maximum absolute atomic E-state index is 13.5. The van der Waals surface area contributed by atoms with Crippen LogP contribution < -0.4 is 14.2 Å². The third kappa shape index (κ3) is 4.89. The van der Waals surface area contributed by atoms with Gasteiger partial charge in [0.25, 0.3) is 0 Å². The van der Waals surface area contributed by atoms with Crippen LogP contribution in [0.1, 0.15) is 15.9 Å². The van der Waals surface area contributed by atoms with Crippen LogP contribution in [0.3, 0.4) is 0 Å². The number of benzene rings is 4. The van der Waals surface area contributed by atoms with E-state index in [9.17, 15) is 19.4 Å². The van der Waals surface area contributed by atoms with E-state index >= 15 is 0 Å². The summed E-state index contributed by atoms with van der Waals surface area (Å²) < 4.78 is 30.3. The van der Waals surface area contributed by atoms with Crippen LogP contribution in [0.15, 0.2) is 78.9 Å². The Morgan fingerprint density at radius 3 is 2.14 bits per heavy atom. The summed E-state index contributed by atoms with van der Waals surface area (Å²) in [6.45, 7) is 0.278. The normalized spacial score (nSPS) is 10.6. The molecule has 4 aromatic rings. The molecule has 178 valence electrons. The Hall–Kier alpha value is -4.52. The van der Waals surface area contributed by atoms with Crippen molar-refractivity contribution in [3.8, 4) is 45.3 Å². The van der Waals surface area contributed by atoms with Gasteiger partial charge in [0.2, 0.25) is 0 Å². The van der Waals surface area contributed by atoms with Crippen molar-refractivity contribution >= 4 is 5.97 Å². The van der Waals surface area contributed by atoms with Crippen LogP contribution in [0.4, 0.5) is 4.39 Å². The van der Waals surface area contributed by atoms with Crippen LogP contribution in [0.25, 0.3) is 22.3 Å². The molecule has 0 unspecified atom stereocenters. The number of halogens is 1. The first-order chi connectivity index (χ1) is 16.9. The Labute approximate surface area is 201 Å². The Morgan fingerprint density at radius 1 is 0.857 bits per heavy atom. The van der Waals surface area contributed by atoms with Crippen molar-refractivity contribution in [1.82, 2.24) is 0 Å². The van der Waals surface area contributed by atoms with E-state index in [2.05, 4.69) is 0 Å². The average Bonchev–Trinajstić information content (AvgIpc) is 2.87. The third-order valence-corrected chi connectivity index (χ3v) is 5.52. The van der Waals surface area contributed by atoms with Crippen molar-refractivity contribution in [3.05, 3.63) is 95.8 Å². The number of phenolic OH excluding ortho intramolecular Hbond substituents is 1. The molecule has 0 aliphatic rings. The van der Waals surface area contributed by atoms with Gasteiger partial charge >= 0.3 is 5.97 Å². The van der Waals surface area contributed by atoms with Gasteiger partial charge in [0.15, 0.2) is 11.5 Å². The molecule has 0 aliphatic heterocycles. The number of rotatable bonds is 8. The Morgan fingerprint density at radius 2 is 1.54 bits per heavy atom. The fourth-order valence-electron chi connectivity index (χ4n) is 3.88. The van der Waals surface area contributed by atoms with Gasteiger partial charge < -0.3 is 24.4 Å². The highest BCUT2D eigenvalue weighted by Crippen LogP contribution is 2.46. The van der Waals surface area contributed by atoms with E-state index in [0.717, 1.165) is 5.56 Å². The number of aromatic carboxylic acids is 1. The lowest BCUT2D eigenvalue weighted by Crippen LogP contribution is -2.07. The molecule has 4 rings (SSSR count). The molecule has 35 heavy (non-hydrogen) atoms. The zero-order chi connectivity index (χ0) is 24.9. The van der Waals surface area contributed by atoms with Gasteiger partial charge in [-0.2, -0.15) is 0 Å². The summed E-state index contributed by atoms with van der Waals surface area (Å²) in [6.07, 6.45) is 0. The van der Waals surface area contributed by atoms with Crippen LogP contribution in [0, 0.1) is 5.82 Å². The number of hydrogen-bond acceptors (Lipinski definition) is 5. The molecule has 0 amide bonds. The smallest absolute Gasteiger partial charge is 0.340 e. The summed E-state index contributed by atoms with van der Waals surface area (Å²) in [4.78, 5) is 12.4. The minimum atomic E-state index is -1.24. The van der Waals surface area contributed by atoms with Gasteiger partial charge in [-0.25, -0.2) is 9.18 Å². The maximum atomic E-state index is 13.5. The van der Waals surface area contributed by atoms with Crippen molar-refractivity contribution in [1.29, 1.82) is 0 Å². The molecule has 0 aliphatic carbocycles. The molecule has 0 atom stereocenters. The lowest BCUT2D eigenvalue weighted by molar-refractivity contribution is 0.0694. The number of phenols is 1. The molecule has 6 nitrogen and oxygen atoms in total. The molecule has 0 spiro atoms. The van der Waals surface area contributed by atoms with Crippen molar-refractivity contribution in [2.75, 3.05) is 14.2 Å². The van der Waals surface area contributed by atoms with Crippen LogP contribution >= 0.6 is 0 Å². The van der Waals surface area contributed by atoms with E-state index in [-0.39, 0.29) is 40.7 Å². The van der Waals surface area contributed by atoms with Gasteiger partial charge in [-0.15, -0.1) is 0 Å². The SMILES string of the molecule is COc1cc(-c2ccc(OCc3ccccc3)c(O)c2)c(OC)c(C(=O)O)c1-c1ccc(F)cc1. The largest absolute Gasteiger partial charge is 0.504 e. The number of carbonyl (C=O) groups is 1. The number of carboxylic acid groups (broad SMARTS) is 1. The number of methoxy groups -OCH3 is 2. The van der Waals surface area contributed by atoms with Gasteiger partial charge in [0, 0.05) is 11.1 Å². The predicted molar refractivity (Wildman–Crippen MR) is 130 cm³/mol. The average molecular weight is 474 g/mol. The van der Waals surface area contributed by atoms with Crippen LogP contribution in [0.5, 0.6) is 23.0 Å². The van der Waals surface area contributed by atoms with E-state index in [1.807, 2.05) is 30.3 Å². The van der Waals surface area contributed by atoms with Crippen molar-refractivity contribution in [2.24, 2.45) is 0 Å². The van der Waals surface area contributed by atoms with Crippen molar-refractivity contribution in [3.63, 3.8) is 0 Å². The zero-order valence-electron chi connectivity index (χ0n) is 19.1. The molecule has 0 bridgehead atoms. The molecule has 0 saturated heterocycles. The molecule has 2 N–H and O–H groups in total. The number of carboxylic acids is 1. The van der Waals surface area contributed by atoms with Crippen molar-refractivity contribution in [2.45, 2.75) is 6.61 Å². The molecule has 0 aromatic heterocycles. The second kappa shape index (κ2) is 10.2. The second-order valence-electron chi connectivity index (χ2n) is 7.68. The molecular weight excluding hydrogens is 451 g/mol. The lowest BCUT2D eigenvalue weighted by Gasteiger charge is -2.19. The van der Waals surface area contributed by atoms with E-state index in [1.165, 1.54) is 44.6 Å². The fraction of sp³-hybridized carbons (Fsp3) is 0.107. The molecular formula is C28H23FO6. The maximum Gasteiger partial charge on any atom is 0.340 e. The molecule has 4 aromatic carbocycles. The van der Waals surface area contributed by atoms with E-state index < -0.39 is 11.8 Å². The van der Waals surface area contributed by atoms with Gasteiger partial charge in [-0.1, -0.05) is 48.5 Å². The third-order valence-electron chi connectivity index (χ3n) is 5.52. The highest BCUT2D eigenvalue weighted by atomic mass is 19.1. The molecule has 0 radical (unpaired) electrons. The monoisotopic (exact) mass is 474 g/mol. The Bertz CT molecular complexity index is 1350. The topological polar surface area (TPSA) is 85.2 Å². The summed E-state index contributed by atoms with van der Waals surface area (Å²) in [5.41, 5.74) is 2.42. The molecule has 0 saturated carbocycles. The van der Waals surface area contributed by atoms with E-state index in [0.29, 0.717) is 16.7 Å². The van der Waals surface area contributed by atoms with E-state index in [4.69, 9.17) is 14.2 Å². The summed E-state index contributed by atoms with van der Waals surface area (Å²) in [5.74, 6) is -1.18. The second-order valence-corrected chi connectivity index (χ2v) is 7.68. The minimum Gasteiger partial charge on any atom is -0.504 e. The Balaban J connectivity index is 1.79. The summed E-state index contributed by atoms with van der Waals surface area (Å²) in [6, 6.07) is 21.4. The molecule has 7 heteroatoms. The summed E-state index contributed by atoms with van der Waals surface area (Å²) in [7, 11) is 2.78. The van der Waals surface area contributed by atoms with E-state index in [1.54, 1.807) is 18.2 Å². The van der Waals surface area contributed by atoms with Gasteiger partial charge in [0.05, 0.1) is 14.2 Å². The predicted octanol–water partition coefficient (Wildman–Crippen LogP) is 6.16. The quantitative estimate of drug-likeness (QED) is 0.318. The first-order valence-corrected chi connectivity index (χ1v) is 10.7. The highest BCUT2D eigenvalue weighted by molar-refractivity contribution is 6.04. The first kappa shape index (κ1) is 23.6. The standard InChI is InChI=1S/C28H23FO6/c1-33-24-15-21(19-10-13-23(22(30)14-19)35-16-17-6-4-3-5-7-17)27(34-2)26(28(31)32)25(24)18-8-11-20(29)12-9-18/h3-15,30H,16H2,1-2H3,(H,31,32). The van der Waals surface area contributed by atoms with Crippen LogP contribution in [0.2, 0.25) is 0 Å². The molecule has 0 heterocycles. The number of ether oxygens (including phenoxy) is 3. The zero-order valence-corrected chi connectivity index (χ0v) is 19.1. The summed E-state index contributed by atoms with van der Waals surface area (Å²) >= 11 is 0. The van der Waals surface area contributed by atoms with Crippen LogP contribution in [-0.2, 0) is 6.61 Å². The van der Waals surface area contributed by atoms with Crippen molar-refractivity contribution < 1.29 is 33.6 Å². The first-order valence-electron chi connectivity index (χ1n) is 10.7. The minimum absolute atomic E-state index is 0.0787. The fourth-order valence-corrected chi connectivity index (χ4v) is 3.88. The van der Waals surface area contributed by atoms with Gasteiger partial charge in [0.1, 0.15) is 29.5 Å². The Kier molecular flexibility index (Phi) is 6.87. The summed E-state index contributed by atoms with van der Waals surface area (Å²) in [5, 5.41) is 20.7. The highest BCUT2D eigenvalue weighted by Gasteiger charge is 2.26. The lowest BCUT2D eigenvalue weighted by atomic mass is 9.92.